The van der Waals surface area contributed by atoms with E-state index < -0.39 is 10.2 Å². The van der Waals surface area contributed by atoms with Gasteiger partial charge < -0.3 is 15.6 Å². The maximum absolute atomic E-state index is 13.0. The molecule has 2 atom stereocenters. The topological polar surface area (TPSA) is 162 Å². The summed E-state index contributed by atoms with van der Waals surface area (Å²) in [5.74, 6) is 0.0178. The molecule has 2 fully saturated rings. The van der Waals surface area contributed by atoms with Gasteiger partial charge in [0.05, 0.1) is 17.9 Å². The molecule has 0 spiro atoms. The number of fused-ring (bicyclic) bond motifs is 1. The van der Waals surface area contributed by atoms with Crippen molar-refractivity contribution in [2.45, 2.75) is 83.2 Å². The van der Waals surface area contributed by atoms with Gasteiger partial charge >= 0.3 is 10.2 Å². The highest BCUT2D eigenvalue weighted by Gasteiger charge is 2.32. The number of hydrogen-bond donors (Lipinski definition) is 3. The zero-order valence-corrected chi connectivity index (χ0v) is 22.5. The van der Waals surface area contributed by atoms with Crippen molar-refractivity contribution >= 4 is 44.7 Å². The standard InChI is InChI=1S/C26H36N8O3S/c1-2-33-16-29-22-24(33)31-26(30-21-11-7-6-10-20(21)23(27)35)32-25(22)34(38(28,36)37)19-14-12-18(13-15-19)17-8-4-3-5-9-17/h12-17,20-21H,2-11H2,1H3,(H2,27,35)(H2,28,36,37)(H,30,31,32)/t20-,21+/m1/s1. The first-order chi connectivity index (χ1) is 18.3. The molecule has 0 aliphatic heterocycles. The number of nitrogens with one attached hydrogen (secondary N) is 1. The first-order valence-electron chi connectivity index (χ1n) is 13.5. The monoisotopic (exact) mass is 540 g/mol. The molecule has 1 amide bonds. The van der Waals surface area contributed by atoms with Crippen LogP contribution in [0, 0.1) is 5.92 Å². The minimum absolute atomic E-state index is 0.0593. The van der Waals surface area contributed by atoms with Crippen molar-refractivity contribution < 1.29 is 13.2 Å². The fourth-order valence-corrected chi connectivity index (χ4v) is 6.67. The molecule has 0 unspecified atom stereocenters. The summed E-state index contributed by atoms with van der Waals surface area (Å²) < 4.78 is 28.8. The van der Waals surface area contributed by atoms with Crippen molar-refractivity contribution in [2.24, 2.45) is 16.8 Å². The van der Waals surface area contributed by atoms with Gasteiger partial charge in [0, 0.05) is 12.6 Å². The van der Waals surface area contributed by atoms with Gasteiger partial charge in [-0.05, 0) is 56.2 Å². The number of hydrogen-bond acceptors (Lipinski definition) is 7. The molecule has 5 N–H and O–H groups in total. The zero-order valence-electron chi connectivity index (χ0n) is 21.7. The average molecular weight is 541 g/mol. The minimum Gasteiger partial charge on any atom is -0.369 e. The van der Waals surface area contributed by atoms with Gasteiger partial charge in [-0.15, -0.1) is 0 Å². The molecule has 2 saturated carbocycles. The van der Waals surface area contributed by atoms with Crippen LogP contribution in [0.1, 0.15) is 76.2 Å². The molecular weight excluding hydrogens is 504 g/mol. The number of primary amides is 1. The molecular formula is C26H36N8O3S. The van der Waals surface area contributed by atoms with Crippen LogP contribution in [0.4, 0.5) is 17.5 Å². The van der Waals surface area contributed by atoms with Crippen LogP contribution in [0.15, 0.2) is 30.6 Å². The Balaban J connectivity index is 1.57. The number of aryl methyl sites for hydroxylation is 1. The smallest absolute Gasteiger partial charge is 0.304 e. The number of amides is 1. The molecule has 2 aliphatic carbocycles. The van der Waals surface area contributed by atoms with Crippen LogP contribution in [0.25, 0.3) is 11.2 Å². The summed E-state index contributed by atoms with van der Waals surface area (Å²) in [6, 6.07) is 7.26. The number of anilines is 3. The number of imidazole rings is 1. The predicted molar refractivity (Wildman–Crippen MR) is 147 cm³/mol. The van der Waals surface area contributed by atoms with Crippen molar-refractivity contribution in [3.05, 3.63) is 36.2 Å². The lowest BCUT2D eigenvalue weighted by atomic mass is 9.84. The lowest BCUT2D eigenvalue weighted by molar-refractivity contribution is -0.122. The highest BCUT2D eigenvalue weighted by Crippen LogP contribution is 2.36. The zero-order chi connectivity index (χ0) is 26.9. The average Bonchev–Trinajstić information content (AvgIpc) is 3.32. The highest BCUT2D eigenvalue weighted by atomic mass is 32.2. The molecule has 1 aromatic carbocycles. The summed E-state index contributed by atoms with van der Waals surface area (Å²) in [7, 11) is -4.28. The molecule has 2 aliphatic rings. The van der Waals surface area contributed by atoms with Crippen LogP contribution in [0.3, 0.4) is 0 Å². The Kier molecular flexibility index (Phi) is 7.53. The van der Waals surface area contributed by atoms with Gasteiger partial charge in [0.25, 0.3) is 0 Å². The Bertz CT molecular complexity index is 1400. The van der Waals surface area contributed by atoms with E-state index in [1.54, 1.807) is 18.5 Å². The van der Waals surface area contributed by atoms with Crippen molar-refractivity contribution in [1.29, 1.82) is 0 Å². The first kappa shape index (κ1) is 26.4. The maximum atomic E-state index is 13.0. The number of nitrogens with zero attached hydrogens (tertiary/aromatic N) is 5. The fourth-order valence-electron chi connectivity index (χ4n) is 5.88. The van der Waals surface area contributed by atoms with E-state index in [4.69, 9.17) is 10.9 Å². The molecule has 12 heteroatoms. The van der Waals surface area contributed by atoms with Gasteiger partial charge in [-0.2, -0.15) is 18.4 Å². The Morgan fingerprint density at radius 2 is 1.74 bits per heavy atom. The Morgan fingerprint density at radius 3 is 2.39 bits per heavy atom. The van der Waals surface area contributed by atoms with E-state index in [1.807, 2.05) is 23.6 Å². The number of nitrogens with two attached hydrogens (primary N) is 2. The SMILES string of the molecule is CCn1cnc2c(N(c3ccc(C4CCCCC4)cc3)S(N)(=O)=O)nc(N[C@H]3CCCC[C@H]3C(N)=O)nc21. The summed E-state index contributed by atoms with van der Waals surface area (Å²) in [6.45, 7) is 2.52. The van der Waals surface area contributed by atoms with Crippen molar-refractivity contribution in [3.63, 3.8) is 0 Å². The predicted octanol–water partition coefficient (Wildman–Crippen LogP) is 3.69. The summed E-state index contributed by atoms with van der Waals surface area (Å²) in [4.78, 5) is 25.8. The van der Waals surface area contributed by atoms with Crippen LogP contribution < -0.4 is 20.5 Å². The second kappa shape index (κ2) is 10.9. The van der Waals surface area contributed by atoms with E-state index in [9.17, 15) is 13.2 Å². The van der Waals surface area contributed by atoms with Gasteiger partial charge in [-0.3, -0.25) is 4.79 Å². The quantitative estimate of drug-likeness (QED) is 0.392. The lowest BCUT2D eigenvalue weighted by Gasteiger charge is -2.30. The van der Waals surface area contributed by atoms with Crippen LogP contribution in [0.5, 0.6) is 0 Å². The molecule has 38 heavy (non-hydrogen) atoms. The van der Waals surface area contributed by atoms with Crippen LogP contribution in [-0.2, 0) is 21.5 Å². The second-order valence-corrected chi connectivity index (χ2v) is 11.7. The van der Waals surface area contributed by atoms with E-state index in [0.717, 1.165) is 36.4 Å². The fraction of sp³-hybridized carbons (Fsp3) is 0.538. The lowest BCUT2D eigenvalue weighted by Crippen LogP contribution is -2.41. The number of carbonyl (C=O) groups excluding carboxylic acids is 1. The highest BCUT2D eigenvalue weighted by molar-refractivity contribution is 7.90. The van der Waals surface area contributed by atoms with Gasteiger partial charge in [-0.25, -0.2) is 14.4 Å². The van der Waals surface area contributed by atoms with Gasteiger partial charge in [0.15, 0.2) is 17.0 Å². The largest absolute Gasteiger partial charge is 0.369 e. The number of aromatic nitrogens is 4. The normalized spacial score (nSPS) is 20.9. The summed E-state index contributed by atoms with van der Waals surface area (Å²) in [5.41, 5.74) is 8.03. The van der Waals surface area contributed by atoms with Gasteiger partial charge in [0.1, 0.15) is 0 Å². The molecule has 5 rings (SSSR count). The Hall–Kier alpha value is -3.25. The minimum atomic E-state index is -4.28. The Morgan fingerprint density at radius 1 is 1.05 bits per heavy atom. The number of carbonyl (C=O) groups is 1. The third kappa shape index (κ3) is 5.32. The molecule has 0 bridgehead atoms. The Labute approximate surface area is 223 Å². The maximum Gasteiger partial charge on any atom is 0.304 e. The van der Waals surface area contributed by atoms with Crippen LogP contribution in [0.2, 0.25) is 0 Å². The van der Waals surface area contributed by atoms with E-state index in [1.165, 1.54) is 24.8 Å². The van der Waals surface area contributed by atoms with Crippen LogP contribution >= 0.6 is 0 Å². The summed E-state index contributed by atoms with van der Waals surface area (Å²) in [5, 5.41) is 9.04. The number of rotatable bonds is 8. The summed E-state index contributed by atoms with van der Waals surface area (Å²) >= 11 is 0. The molecule has 0 radical (unpaired) electrons. The molecule has 3 aromatic rings. The molecule has 2 heterocycles. The van der Waals surface area contributed by atoms with Gasteiger partial charge in [0.2, 0.25) is 11.9 Å². The van der Waals surface area contributed by atoms with E-state index in [-0.39, 0.29) is 29.6 Å². The molecule has 2 aromatic heterocycles. The van der Waals surface area contributed by atoms with E-state index in [0.29, 0.717) is 35.7 Å². The second-order valence-electron chi connectivity index (χ2n) is 10.4. The molecule has 0 saturated heterocycles. The summed E-state index contributed by atoms with van der Waals surface area (Å²) in [6.07, 6.45) is 10.9. The van der Waals surface area contributed by atoms with E-state index >= 15 is 0 Å². The van der Waals surface area contributed by atoms with Crippen molar-refractivity contribution in [3.8, 4) is 0 Å². The molecule has 204 valence electrons. The van der Waals surface area contributed by atoms with Crippen molar-refractivity contribution in [2.75, 3.05) is 9.62 Å². The number of benzene rings is 1. The van der Waals surface area contributed by atoms with Crippen LogP contribution in [-0.4, -0.2) is 39.9 Å². The van der Waals surface area contributed by atoms with E-state index in [2.05, 4.69) is 20.3 Å². The third-order valence-corrected chi connectivity index (χ3v) is 8.78. The van der Waals surface area contributed by atoms with Crippen molar-refractivity contribution in [1.82, 2.24) is 19.5 Å². The molecule has 11 nitrogen and oxygen atoms in total. The first-order valence-corrected chi connectivity index (χ1v) is 15.0. The van der Waals surface area contributed by atoms with Gasteiger partial charge in [-0.1, -0.05) is 44.2 Å². The third-order valence-electron chi connectivity index (χ3n) is 7.88.